The summed E-state index contributed by atoms with van der Waals surface area (Å²) >= 11 is 3.62. The van der Waals surface area contributed by atoms with Crippen LogP contribution in [0.15, 0.2) is 23.1 Å². The van der Waals surface area contributed by atoms with Crippen LogP contribution in [0.2, 0.25) is 0 Å². The Hall–Kier alpha value is -1.02. The molecule has 0 saturated carbocycles. The first-order chi connectivity index (χ1) is 10.3. The Balaban J connectivity index is 1.47. The van der Waals surface area contributed by atoms with Gasteiger partial charge >= 0.3 is 0 Å². The summed E-state index contributed by atoms with van der Waals surface area (Å²) in [7, 11) is 0. The largest absolute Gasteiger partial charge is 0.347 e. The maximum absolute atomic E-state index is 5.76. The van der Waals surface area contributed by atoms with Gasteiger partial charge in [-0.15, -0.1) is 0 Å². The van der Waals surface area contributed by atoms with Crippen molar-refractivity contribution < 1.29 is 9.47 Å². The van der Waals surface area contributed by atoms with E-state index in [1.54, 1.807) is 6.20 Å². The molecule has 2 aliphatic rings. The van der Waals surface area contributed by atoms with Crippen LogP contribution in [0, 0.1) is 0 Å². The highest BCUT2D eigenvalue weighted by molar-refractivity contribution is 9.10. The number of halogens is 1. The third-order valence-corrected chi connectivity index (χ3v) is 5.06. The standard InChI is InChI=1S/C14H17BrN4O2/c15-12-11(17-13-16-4-1-5-19(12)13)10-18-6-2-14(3-7-18)20-8-9-21-14/h1,4-5H,2-3,6-10H2. The number of likely N-dealkylation sites (tertiary alicyclic amines) is 1. The molecule has 2 aliphatic heterocycles. The smallest absolute Gasteiger partial charge is 0.234 e. The molecule has 0 amide bonds. The normalized spacial score (nSPS) is 22.3. The highest BCUT2D eigenvalue weighted by Gasteiger charge is 2.39. The molecule has 0 aromatic carbocycles. The van der Waals surface area contributed by atoms with Gasteiger partial charge in [0.15, 0.2) is 5.79 Å². The maximum Gasteiger partial charge on any atom is 0.234 e. The molecular weight excluding hydrogens is 336 g/mol. The van der Waals surface area contributed by atoms with Crippen LogP contribution in [0.5, 0.6) is 0 Å². The van der Waals surface area contributed by atoms with Crippen LogP contribution in [-0.4, -0.2) is 51.4 Å². The van der Waals surface area contributed by atoms with E-state index in [2.05, 4.69) is 30.8 Å². The number of imidazole rings is 1. The predicted molar refractivity (Wildman–Crippen MR) is 79.8 cm³/mol. The van der Waals surface area contributed by atoms with Crippen LogP contribution in [0.3, 0.4) is 0 Å². The number of hydrogen-bond acceptors (Lipinski definition) is 5. The third-order valence-electron chi connectivity index (χ3n) is 4.22. The first-order valence-corrected chi connectivity index (χ1v) is 8.03. The maximum atomic E-state index is 5.76. The molecule has 0 radical (unpaired) electrons. The molecule has 2 fully saturated rings. The van der Waals surface area contributed by atoms with Crippen molar-refractivity contribution >= 4 is 21.7 Å². The van der Waals surface area contributed by atoms with Crippen molar-refractivity contribution in [2.75, 3.05) is 26.3 Å². The highest BCUT2D eigenvalue weighted by Crippen LogP contribution is 2.32. The molecular formula is C14H17BrN4O2. The fourth-order valence-electron chi connectivity index (χ4n) is 3.05. The van der Waals surface area contributed by atoms with Crippen LogP contribution >= 0.6 is 15.9 Å². The third kappa shape index (κ3) is 2.48. The van der Waals surface area contributed by atoms with E-state index in [-0.39, 0.29) is 5.79 Å². The van der Waals surface area contributed by atoms with Gasteiger partial charge in [-0.1, -0.05) is 0 Å². The van der Waals surface area contributed by atoms with E-state index in [9.17, 15) is 0 Å². The lowest BCUT2D eigenvalue weighted by molar-refractivity contribution is -0.185. The number of fused-ring (bicyclic) bond motifs is 1. The molecule has 1 spiro atoms. The van der Waals surface area contributed by atoms with Crippen molar-refractivity contribution in [2.45, 2.75) is 25.2 Å². The van der Waals surface area contributed by atoms with Crippen molar-refractivity contribution in [3.8, 4) is 0 Å². The molecule has 2 aromatic rings. The molecule has 112 valence electrons. The molecule has 0 atom stereocenters. The summed E-state index contributed by atoms with van der Waals surface area (Å²) in [6.45, 7) is 4.20. The van der Waals surface area contributed by atoms with Crippen molar-refractivity contribution in [3.05, 3.63) is 28.8 Å². The molecule has 6 nitrogen and oxygen atoms in total. The van der Waals surface area contributed by atoms with Gasteiger partial charge < -0.3 is 9.47 Å². The fourth-order valence-corrected chi connectivity index (χ4v) is 3.55. The highest BCUT2D eigenvalue weighted by atomic mass is 79.9. The van der Waals surface area contributed by atoms with Gasteiger partial charge in [0.05, 0.1) is 18.9 Å². The van der Waals surface area contributed by atoms with Crippen LogP contribution in [0.1, 0.15) is 18.5 Å². The van der Waals surface area contributed by atoms with Crippen LogP contribution < -0.4 is 0 Å². The second-order valence-electron chi connectivity index (χ2n) is 5.52. The average molecular weight is 353 g/mol. The van der Waals surface area contributed by atoms with E-state index in [0.717, 1.165) is 61.8 Å². The summed E-state index contributed by atoms with van der Waals surface area (Å²) in [6, 6.07) is 1.91. The fraction of sp³-hybridized carbons (Fsp3) is 0.571. The summed E-state index contributed by atoms with van der Waals surface area (Å²) in [4.78, 5) is 11.3. The number of piperidine rings is 1. The molecule has 0 bridgehead atoms. The van der Waals surface area contributed by atoms with E-state index in [1.807, 2.05) is 16.7 Å². The minimum Gasteiger partial charge on any atom is -0.347 e. The molecule has 2 aromatic heterocycles. The zero-order valence-electron chi connectivity index (χ0n) is 11.7. The van der Waals surface area contributed by atoms with Crippen LogP contribution in [0.25, 0.3) is 5.78 Å². The molecule has 4 rings (SSSR count). The van der Waals surface area contributed by atoms with Gasteiger partial charge in [0, 0.05) is 44.9 Å². The molecule has 0 aliphatic carbocycles. The molecule has 0 unspecified atom stereocenters. The molecule has 4 heterocycles. The minimum absolute atomic E-state index is 0.311. The number of aromatic nitrogens is 3. The van der Waals surface area contributed by atoms with Gasteiger partial charge in [-0.3, -0.25) is 9.30 Å². The lowest BCUT2D eigenvalue weighted by atomic mass is 10.0. The monoisotopic (exact) mass is 352 g/mol. The van der Waals surface area contributed by atoms with Crippen LogP contribution in [-0.2, 0) is 16.0 Å². The Morgan fingerprint density at radius 1 is 1.24 bits per heavy atom. The lowest BCUT2D eigenvalue weighted by Gasteiger charge is -2.37. The van der Waals surface area contributed by atoms with Gasteiger partial charge in [0.25, 0.3) is 0 Å². The first kappa shape index (κ1) is 13.6. The Kier molecular flexibility index (Phi) is 3.45. The zero-order chi connectivity index (χ0) is 14.3. The van der Waals surface area contributed by atoms with Crippen molar-refractivity contribution in [2.24, 2.45) is 0 Å². The number of nitrogens with zero attached hydrogens (tertiary/aromatic N) is 4. The Morgan fingerprint density at radius 3 is 2.71 bits per heavy atom. The summed E-state index contributed by atoms with van der Waals surface area (Å²) < 4.78 is 14.5. The topological polar surface area (TPSA) is 51.9 Å². The molecule has 7 heteroatoms. The van der Waals surface area contributed by atoms with Gasteiger partial charge in [0.1, 0.15) is 4.60 Å². The number of rotatable bonds is 2. The Labute approximate surface area is 131 Å². The molecule has 0 N–H and O–H groups in total. The SMILES string of the molecule is Brc1c(CN2CCC3(CC2)OCCO3)nc2ncccn12. The van der Waals surface area contributed by atoms with Crippen LogP contribution in [0.4, 0.5) is 0 Å². The van der Waals surface area contributed by atoms with Gasteiger partial charge in [-0.25, -0.2) is 9.97 Å². The first-order valence-electron chi connectivity index (χ1n) is 7.24. The van der Waals surface area contributed by atoms with Gasteiger partial charge in [0.2, 0.25) is 5.78 Å². The summed E-state index contributed by atoms with van der Waals surface area (Å²) in [5, 5.41) is 0. The Morgan fingerprint density at radius 2 is 2.00 bits per heavy atom. The minimum atomic E-state index is -0.311. The quantitative estimate of drug-likeness (QED) is 0.825. The van der Waals surface area contributed by atoms with E-state index < -0.39 is 0 Å². The second kappa shape index (κ2) is 5.31. The van der Waals surface area contributed by atoms with Crippen molar-refractivity contribution in [1.29, 1.82) is 0 Å². The van der Waals surface area contributed by atoms with E-state index in [4.69, 9.17) is 9.47 Å². The zero-order valence-corrected chi connectivity index (χ0v) is 13.3. The Bertz CT molecular complexity index is 643. The lowest BCUT2D eigenvalue weighted by Crippen LogP contribution is -2.44. The second-order valence-corrected chi connectivity index (χ2v) is 6.27. The molecule has 21 heavy (non-hydrogen) atoms. The van der Waals surface area contributed by atoms with E-state index in [0.29, 0.717) is 0 Å². The van der Waals surface area contributed by atoms with Gasteiger partial charge in [-0.2, -0.15) is 0 Å². The van der Waals surface area contributed by atoms with Crippen molar-refractivity contribution in [1.82, 2.24) is 19.3 Å². The number of ether oxygens (including phenoxy) is 2. The predicted octanol–water partition coefficient (Wildman–Crippen LogP) is 1.83. The van der Waals surface area contributed by atoms with Gasteiger partial charge in [-0.05, 0) is 22.0 Å². The van der Waals surface area contributed by atoms with E-state index in [1.165, 1.54) is 0 Å². The van der Waals surface area contributed by atoms with Crippen molar-refractivity contribution in [3.63, 3.8) is 0 Å². The summed E-state index contributed by atoms with van der Waals surface area (Å²) in [5.41, 5.74) is 1.03. The summed E-state index contributed by atoms with van der Waals surface area (Å²) in [6.07, 6.45) is 5.58. The average Bonchev–Trinajstić information content (AvgIpc) is 3.09. The molecule has 2 saturated heterocycles. The summed E-state index contributed by atoms with van der Waals surface area (Å²) in [5.74, 6) is 0.420. The number of hydrogen-bond donors (Lipinski definition) is 0. The van der Waals surface area contributed by atoms with E-state index >= 15 is 0 Å².